The molecule has 3 aliphatic rings. The lowest BCUT2D eigenvalue weighted by Crippen LogP contribution is -2.58. The molecule has 1 unspecified atom stereocenters. The predicted octanol–water partition coefficient (Wildman–Crippen LogP) is 2.21. The lowest BCUT2D eigenvalue weighted by Gasteiger charge is -2.45. The zero-order chi connectivity index (χ0) is 21.1. The highest BCUT2D eigenvalue weighted by atomic mass is 32.2. The largest absolute Gasteiger partial charge is 0.384 e. The fourth-order valence-electron chi connectivity index (χ4n) is 4.41. The summed E-state index contributed by atoms with van der Waals surface area (Å²) in [5.41, 5.74) is 7.13. The molecule has 0 spiro atoms. The maximum atomic E-state index is 13.4. The Morgan fingerprint density at radius 2 is 1.83 bits per heavy atom. The van der Waals surface area contributed by atoms with Gasteiger partial charge in [0.05, 0.1) is 13.2 Å². The minimum absolute atomic E-state index is 0.0244. The van der Waals surface area contributed by atoms with Crippen LogP contribution < -0.4 is 10.6 Å². The molecule has 3 N–H and O–H groups in total. The second-order valence-corrected chi connectivity index (χ2v) is 9.59. The summed E-state index contributed by atoms with van der Waals surface area (Å²) in [4.78, 5) is 17.3. The number of hydrogen-bond donors (Lipinski definition) is 2. The summed E-state index contributed by atoms with van der Waals surface area (Å²) in [5, 5.41) is 7.69. The number of piperidine rings is 1. The highest BCUT2D eigenvalue weighted by Crippen LogP contribution is 2.30. The Bertz CT molecular complexity index is 764. The van der Waals surface area contributed by atoms with Crippen LogP contribution in [0.3, 0.4) is 0 Å². The third kappa shape index (κ3) is 4.91. The smallest absolute Gasteiger partial charge is 0.324 e. The number of morpholine rings is 1. The number of ether oxygens (including phenoxy) is 1. The van der Waals surface area contributed by atoms with E-state index in [-0.39, 0.29) is 17.9 Å². The number of rotatable bonds is 5. The minimum atomic E-state index is 0.0244. The Morgan fingerprint density at radius 3 is 2.53 bits per heavy atom. The number of nitrogens with one attached hydrogen (secondary N) is 1. The molecule has 30 heavy (non-hydrogen) atoms. The molecular weight excluding hydrogens is 400 g/mol. The highest BCUT2D eigenvalue weighted by Gasteiger charge is 2.36. The summed E-state index contributed by atoms with van der Waals surface area (Å²) in [6, 6.07) is 7.81. The average Bonchev–Trinajstić information content (AvgIpc) is 2.76. The van der Waals surface area contributed by atoms with Gasteiger partial charge in [-0.25, -0.2) is 13.4 Å². The first-order valence-corrected chi connectivity index (χ1v) is 11.5. The lowest BCUT2D eigenvalue weighted by molar-refractivity contribution is 0.0747. The Kier molecular flexibility index (Phi) is 6.82. The normalized spacial score (nSPS) is 25.0. The van der Waals surface area contributed by atoms with E-state index in [1.165, 1.54) is 0 Å². The number of benzene rings is 1. The van der Waals surface area contributed by atoms with Crippen LogP contribution in [0.25, 0.3) is 0 Å². The molecule has 9 heteroatoms. The number of nitrogen functional groups attached to an aromatic ring is 1. The monoisotopic (exact) mass is 432 g/mol. The number of hydrogen-bond acceptors (Lipinski definition) is 6. The molecule has 8 nitrogen and oxygen atoms in total. The SMILES string of the molecule is CC1CN(c2cccc(C(=N)N)c2)C(=O)N(C2CCN(SN3CCOCC3)CC2)C1. The molecule has 3 fully saturated rings. The maximum Gasteiger partial charge on any atom is 0.324 e. The van der Waals surface area contributed by atoms with Crippen molar-refractivity contribution in [2.45, 2.75) is 25.8 Å². The fourth-order valence-corrected chi connectivity index (χ4v) is 5.42. The van der Waals surface area contributed by atoms with E-state index in [9.17, 15) is 4.79 Å². The van der Waals surface area contributed by atoms with Crippen LogP contribution in [0.2, 0.25) is 0 Å². The number of amides is 2. The van der Waals surface area contributed by atoms with Gasteiger partial charge in [-0.15, -0.1) is 0 Å². The van der Waals surface area contributed by atoms with Gasteiger partial charge in [0.1, 0.15) is 5.84 Å². The summed E-state index contributed by atoms with van der Waals surface area (Å²) in [6.45, 7) is 9.25. The molecule has 0 bridgehead atoms. The zero-order valence-electron chi connectivity index (χ0n) is 17.6. The third-order valence-corrected chi connectivity index (χ3v) is 7.21. The van der Waals surface area contributed by atoms with Crippen molar-refractivity contribution in [1.29, 1.82) is 5.41 Å². The number of carbonyl (C=O) groups excluding carboxylic acids is 1. The summed E-state index contributed by atoms with van der Waals surface area (Å²) in [7, 11) is 0. The van der Waals surface area contributed by atoms with E-state index in [0.717, 1.165) is 64.5 Å². The Balaban J connectivity index is 1.39. The van der Waals surface area contributed by atoms with Crippen LogP contribution in [0.1, 0.15) is 25.3 Å². The molecule has 2 amide bonds. The topological polar surface area (TPSA) is 89.1 Å². The molecule has 0 aromatic heterocycles. The van der Waals surface area contributed by atoms with Gasteiger partial charge in [0.25, 0.3) is 0 Å². The van der Waals surface area contributed by atoms with E-state index in [0.29, 0.717) is 18.0 Å². The van der Waals surface area contributed by atoms with Gasteiger partial charge >= 0.3 is 6.03 Å². The molecule has 164 valence electrons. The van der Waals surface area contributed by atoms with E-state index < -0.39 is 0 Å². The highest BCUT2D eigenvalue weighted by molar-refractivity contribution is 7.94. The number of anilines is 1. The number of urea groups is 1. The second-order valence-electron chi connectivity index (χ2n) is 8.40. The van der Waals surface area contributed by atoms with Crippen LogP contribution in [0.5, 0.6) is 0 Å². The standard InChI is InChI=1S/C21H32N6O2S/c1-16-14-26(18-5-7-24(8-6-18)30-25-9-11-29-12-10-25)21(28)27(15-16)19-4-2-3-17(13-19)20(22)23/h2-4,13,16,18H,5-12,14-15H2,1H3,(H3,22,23). The maximum absolute atomic E-state index is 13.4. The van der Waals surface area contributed by atoms with Gasteiger partial charge in [-0.3, -0.25) is 10.3 Å². The Morgan fingerprint density at radius 1 is 1.13 bits per heavy atom. The van der Waals surface area contributed by atoms with Crippen molar-refractivity contribution in [1.82, 2.24) is 13.5 Å². The van der Waals surface area contributed by atoms with Gasteiger partial charge < -0.3 is 15.4 Å². The summed E-state index contributed by atoms with van der Waals surface area (Å²) < 4.78 is 10.2. The van der Waals surface area contributed by atoms with Gasteiger partial charge in [-0.1, -0.05) is 19.1 Å². The third-order valence-electron chi connectivity index (χ3n) is 6.01. The number of carbonyl (C=O) groups is 1. The predicted molar refractivity (Wildman–Crippen MR) is 121 cm³/mol. The van der Waals surface area contributed by atoms with E-state index >= 15 is 0 Å². The molecule has 1 atom stereocenters. The summed E-state index contributed by atoms with van der Waals surface area (Å²) >= 11 is 1.83. The van der Waals surface area contributed by atoms with Crippen LogP contribution in [-0.4, -0.2) is 83.9 Å². The molecule has 1 aromatic rings. The van der Waals surface area contributed by atoms with Crippen molar-refractivity contribution in [3.8, 4) is 0 Å². The summed E-state index contributed by atoms with van der Waals surface area (Å²) in [5.74, 6) is 0.417. The van der Waals surface area contributed by atoms with Crippen molar-refractivity contribution in [3.05, 3.63) is 29.8 Å². The van der Waals surface area contributed by atoms with Crippen molar-refractivity contribution in [3.63, 3.8) is 0 Å². The first kappa shape index (κ1) is 21.4. The van der Waals surface area contributed by atoms with Crippen molar-refractivity contribution in [2.75, 3.05) is 57.4 Å². The van der Waals surface area contributed by atoms with Crippen LogP contribution in [0.15, 0.2) is 24.3 Å². The number of nitrogens with zero attached hydrogens (tertiary/aromatic N) is 4. The lowest BCUT2D eigenvalue weighted by atomic mass is 10.00. The fraction of sp³-hybridized carbons (Fsp3) is 0.619. The van der Waals surface area contributed by atoms with Crippen LogP contribution in [-0.2, 0) is 4.74 Å². The molecule has 1 aromatic carbocycles. The van der Waals surface area contributed by atoms with Crippen LogP contribution in [0, 0.1) is 11.3 Å². The van der Waals surface area contributed by atoms with Gasteiger partial charge in [0, 0.05) is 68.7 Å². The molecule has 0 radical (unpaired) electrons. The van der Waals surface area contributed by atoms with Gasteiger partial charge in [0.15, 0.2) is 0 Å². The van der Waals surface area contributed by atoms with E-state index in [1.54, 1.807) is 0 Å². The van der Waals surface area contributed by atoms with E-state index in [1.807, 2.05) is 41.3 Å². The molecule has 3 aliphatic heterocycles. The quantitative estimate of drug-likeness (QED) is 0.421. The Labute approximate surface area is 183 Å². The molecule has 3 saturated heterocycles. The first-order chi connectivity index (χ1) is 14.5. The van der Waals surface area contributed by atoms with Gasteiger partial charge in [-0.05, 0) is 30.9 Å². The molecular formula is C21H32N6O2S. The van der Waals surface area contributed by atoms with Crippen molar-refractivity contribution < 1.29 is 9.53 Å². The summed E-state index contributed by atoms with van der Waals surface area (Å²) in [6.07, 6.45) is 1.99. The van der Waals surface area contributed by atoms with Gasteiger partial charge in [0.2, 0.25) is 0 Å². The average molecular weight is 433 g/mol. The van der Waals surface area contributed by atoms with Crippen molar-refractivity contribution in [2.24, 2.45) is 11.7 Å². The molecule has 3 heterocycles. The molecule has 0 aliphatic carbocycles. The molecule has 4 rings (SSSR count). The van der Waals surface area contributed by atoms with Gasteiger partial charge in [-0.2, -0.15) is 0 Å². The van der Waals surface area contributed by atoms with E-state index in [4.69, 9.17) is 15.9 Å². The number of amidine groups is 1. The van der Waals surface area contributed by atoms with Crippen LogP contribution >= 0.6 is 12.1 Å². The Hall–Kier alpha value is -1.81. The first-order valence-electron chi connectivity index (χ1n) is 10.8. The second kappa shape index (κ2) is 9.55. The molecule has 0 saturated carbocycles. The minimum Gasteiger partial charge on any atom is -0.384 e. The van der Waals surface area contributed by atoms with Crippen molar-refractivity contribution >= 4 is 29.7 Å². The van der Waals surface area contributed by atoms with E-state index in [2.05, 4.69) is 20.4 Å². The van der Waals surface area contributed by atoms with Crippen LogP contribution in [0.4, 0.5) is 10.5 Å². The number of nitrogens with two attached hydrogens (primary N) is 1. The zero-order valence-corrected chi connectivity index (χ0v) is 18.4.